The van der Waals surface area contributed by atoms with E-state index < -0.39 is 36.0 Å². The van der Waals surface area contributed by atoms with E-state index in [1.54, 1.807) is 30.8 Å². The fourth-order valence-corrected chi connectivity index (χ4v) is 6.80. The van der Waals surface area contributed by atoms with Crippen molar-refractivity contribution in [2.75, 3.05) is 42.7 Å². The summed E-state index contributed by atoms with van der Waals surface area (Å²) in [6.07, 6.45) is 1.53. The molecule has 3 fully saturated rings. The summed E-state index contributed by atoms with van der Waals surface area (Å²) in [5.74, 6) is -1.39. The number of aromatic amines is 1. The highest BCUT2D eigenvalue weighted by Crippen LogP contribution is 2.41. The summed E-state index contributed by atoms with van der Waals surface area (Å²) in [6.45, 7) is 4.20. The normalized spacial score (nSPS) is 22.0. The molecule has 3 aliphatic heterocycles. The van der Waals surface area contributed by atoms with E-state index in [0.717, 1.165) is 27.8 Å². The van der Waals surface area contributed by atoms with Gasteiger partial charge < -0.3 is 38.5 Å². The van der Waals surface area contributed by atoms with E-state index in [9.17, 15) is 18.7 Å². The largest absolute Gasteiger partial charge is 0.480 e. The molecule has 3 aliphatic rings. The lowest BCUT2D eigenvalue weighted by Gasteiger charge is -2.53. The SMILES string of the molecule is C[C@@H]1N(c2cc(-c3ccc4occc4c3)cnc2O[C@H]2C[C@@H](C(=O)O)N(c3cc(-c4ccc[nH]4)nc(C(F)F)n3)C2)CCOC12COC2. The molecule has 3 saturated heterocycles. The molecule has 0 saturated carbocycles. The van der Waals surface area contributed by atoms with Crippen LogP contribution >= 0.6 is 0 Å². The predicted octanol–water partition coefficient (Wildman–Crippen LogP) is 5.32. The monoisotopic (exact) mass is 658 g/mol. The lowest BCUT2D eigenvalue weighted by Crippen LogP contribution is -2.68. The van der Waals surface area contributed by atoms with Gasteiger partial charge >= 0.3 is 5.97 Å². The number of carbonyl (C=O) groups is 1. The number of halogens is 2. The van der Waals surface area contributed by atoms with Crippen LogP contribution in [0.2, 0.25) is 0 Å². The van der Waals surface area contributed by atoms with E-state index in [1.165, 1.54) is 11.0 Å². The van der Waals surface area contributed by atoms with E-state index in [1.807, 2.05) is 30.3 Å². The standard InChI is InChI=1S/C34H32F2N6O6/c1-19-34(17-45-18-34)47-10-8-41(19)26-12-22(20-4-5-28-21(11-20)6-9-46-28)15-38-32(26)48-23-13-27(33(43)44)42(16-23)29-14-25(24-3-2-7-37-24)39-31(40-29)30(35)36/h2-7,9,11-12,14-15,19,23,27,30,37H,8,10,13,16-18H2,1H3,(H,43,44)/t19-,23-,27-/m0/s1. The molecular weight excluding hydrogens is 626 g/mol. The van der Waals surface area contributed by atoms with Gasteiger partial charge in [-0.3, -0.25) is 0 Å². The van der Waals surface area contributed by atoms with E-state index in [2.05, 4.69) is 26.8 Å². The highest BCUT2D eigenvalue weighted by Gasteiger charge is 2.50. The zero-order valence-electron chi connectivity index (χ0n) is 25.9. The minimum Gasteiger partial charge on any atom is -0.480 e. The first-order chi connectivity index (χ1) is 23.3. The third-order valence-electron chi connectivity index (χ3n) is 9.49. The average Bonchev–Trinajstić information content (AvgIpc) is 3.86. The quantitative estimate of drug-likeness (QED) is 0.224. The number of hydrogen-bond acceptors (Lipinski definition) is 10. The van der Waals surface area contributed by atoms with E-state index >= 15 is 0 Å². The van der Waals surface area contributed by atoms with E-state index in [4.69, 9.17) is 23.6 Å². The number of aromatic nitrogens is 4. The van der Waals surface area contributed by atoms with Crippen molar-refractivity contribution in [1.82, 2.24) is 19.9 Å². The van der Waals surface area contributed by atoms with Crippen LogP contribution in [-0.4, -0.2) is 87.7 Å². The van der Waals surface area contributed by atoms with Crippen LogP contribution in [0.5, 0.6) is 5.88 Å². The van der Waals surface area contributed by atoms with Crippen LogP contribution < -0.4 is 14.5 Å². The van der Waals surface area contributed by atoms with Crippen molar-refractivity contribution >= 4 is 28.4 Å². The first-order valence-electron chi connectivity index (χ1n) is 15.7. The molecule has 8 rings (SSSR count). The summed E-state index contributed by atoms with van der Waals surface area (Å²) in [6, 6.07) is 13.7. The molecule has 1 spiro atoms. The Kier molecular flexibility index (Phi) is 7.48. The number of morpholine rings is 1. The third-order valence-corrected chi connectivity index (χ3v) is 9.49. The molecule has 12 nitrogen and oxygen atoms in total. The van der Waals surface area contributed by atoms with Gasteiger partial charge in [-0.1, -0.05) is 6.07 Å². The Labute approximate surface area is 273 Å². The second-order valence-electron chi connectivity index (χ2n) is 12.3. The number of fused-ring (bicyclic) bond motifs is 1. The van der Waals surface area contributed by atoms with Crippen molar-refractivity contribution in [2.24, 2.45) is 0 Å². The smallest absolute Gasteiger partial charge is 0.326 e. The molecule has 5 aromatic rings. The number of anilines is 2. The van der Waals surface area contributed by atoms with Gasteiger partial charge in [0.2, 0.25) is 5.88 Å². The summed E-state index contributed by atoms with van der Waals surface area (Å²) < 4.78 is 51.6. The maximum Gasteiger partial charge on any atom is 0.326 e. The first-order valence-corrected chi connectivity index (χ1v) is 15.7. The molecule has 248 valence electrons. The number of pyridine rings is 1. The zero-order valence-corrected chi connectivity index (χ0v) is 25.9. The van der Waals surface area contributed by atoms with Crippen molar-refractivity contribution in [3.05, 3.63) is 73.0 Å². The fourth-order valence-electron chi connectivity index (χ4n) is 6.80. The topological polar surface area (TPSA) is 139 Å². The minimum absolute atomic E-state index is 0.0669. The number of carboxylic acid groups (broad SMARTS) is 1. The van der Waals surface area contributed by atoms with Gasteiger partial charge in [0.25, 0.3) is 6.43 Å². The lowest BCUT2D eigenvalue weighted by molar-refractivity contribution is -0.228. The Balaban J connectivity index is 1.14. The molecule has 0 radical (unpaired) electrons. The minimum atomic E-state index is -2.95. The number of benzene rings is 1. The number of furan rings is 1. The number of aliphatic carboxylic acids is 1. The van der Waals surface area contributed by atoms with Crippen molar-refractivity contribution < 1.29 is 37.3 Å². The number of alkyl halides is 2. The average molecular weight is 659 g/mol. The van der Waals surface area contributed by atoms with Gasteiger partial charge in [-0.15, -0.1) is 0 Å². The maximum absolute atomic E-state index is 13.9. The second kappa shape index (κ2) is 11.9. The lowest BCUT2D eigenvalue weighted by atomic mass is 9.90. The molecule has 0 amide bonds. The van der Waals surface area contributed by atoms with Crippen LogP contribution in [0.15, 0.2) is 71.6 Å². The van der Waals surface area contributed by atoms with Crippen molar-refractivity contribution in [3.63, 3.8) is 0 Å². The van der Waals surface area contributed by atoms with Crippen molar-refractivity contribution in [1.29, 1.82) is 0 Å². The van der Waals surface area contributed by atoms with Crippen molar-refractivity contribution in [3.8, 4) is 28.4 Å². The van der Waals surface area contributed by atoms with E-state index in [-0.39, 0.29) is 30.5 Å². The number of nitrogens with zero attached hydrogens (tertiary/aromatic N) is 5. The van der Waals surface area contributed by atoms with Gasteiger partial charge in [0, 0.05) is 42.4 Å². The van der Waals surface area contributed by atoms with Gasteiger partial charge in [0.05, 0.1) is 50.1 Å². The van der Waals surface area contributed by atoms with Crippen LogP contribution in [0, 0.1) is 0 Å². The van der Waals surface area contributed by atoms with Gasteiger partial charge in [-0.25, -0.2) is 28.5 Å². The third kappa shape index (κ3) is 5.30. The van der Waals surface area contributed by atoms with E-state index in [0.29, 0.717) is 37.9 Å². The Morgan fingerprint density at radius 2 is 2.00 bits per heavy atom. The molecule has 0 bridgehead atoms. The molecular formula is C34H32F2N6O6. The van der Waals surface area contributed by atoms with Gasteiger partial charge in [0.15, 0.2) is 5.82 Å². The molecule has 3 atom stereocenters. The van der Waals surface area contributed by atoms with Crippen LogP contribution in [0.4, 0.5) is 20.3 Å². The van der Waals surface area contributed by atoms with Gasteiger partial charge in [0.1, 0.15) is 34.8 Å². The molecule has 0 unspecified atom stereocenters. The molecule has 48 heavy (non-hydrogen) atoms. The molecule has 14 heteroatoms. The molecule has 0 aliphatic carbocycles. The molecule has 4 aromatic heterocycles. The number of ether oxygens (including phenoxy) is 3. The molecule has 2 N–H and O–H groups in total. The number of H-pyrrole nitrogens is 1. The van der Waals surface area contributed by atoms with Crippen LogP contribution in [-0.2, 0) is 14.3 Å². The number of carboxylic acids is 1. The van der Waals surface area contributed by atoms with Crippen LogP contribution in [0.25, 0.3) is 33.5 Å². The summed E-state index contributed by atoms with van der Waals surface area (Å²) in [4.78, 5) is 32.0. The van der Waals surface area contributed by atoms with Crippen LogP contribution in [0.3, 0.4) is 0 Å². The highest BCUT2D eigenvalue weighted by atomic mass is 19.3. The Hall–Kier alpha value is -5.08. The fraction of sp³-hybridized carbons (Fsp3) is 0.353. The number of rotatable bonds is 8. The summed E-state index contributed by atoms with van der Waals surface area (Å²) in [7, 11) is 0. The maximum atomic E-state index is 13.9. The van der Waals surface area contributed by atoms with Gasteiger partial charge in [-0.05, 0) is 48.9 Å². The Morgan fingerprint density at radius 1 is 1.12 bits per heavy atom. The second-order valence-corrected chi connectivity index (χ2v) is 12.3. The Bertz CT molecular complexity index is 1960. The first kappa shape index (κ1) is 30.3. The van der Waals surface area contributed by atoms with Crippen molar-refractivity contribution in [2.45, 2.75) is 43.6 Å². The number of nitrogens with one attached hydrogen (secondary N) is 1. The summed E-state index contributed by atoms with van der Waals surface area (Å²) in [5, 5.41) is 11.2. The highest BCUT2D eigenvalue weighted by molar-refractivity contribution is 5.84. The Morgan fingerprint density at radius 3 is 2.75 bits per heavy atom. The van der Waals surface area contributed by atoms with Crippen LogP contribution in [0.1, 0.15) is 25.6 Å². The molecule has 7 heterocycles. The predicted molar refractivity (Wildman–Crippen MR) is 170 cm³/mol. The molecule has 1 aromatic carbocycles. The number of hydrogen-bond donors (Lipinski definition) is 2. The van der Waals surface area contributed by atoms with Gasteiger partial charge in [-0.2, -0.15) is 0 Å². The summed E-state index contributed by atoms with van der Waals surface area (Å²) in [5.41, 5.74) is 3.62. The summed E-state index contributed by atoms with van der Waals surface area (Å²) >= 11 is 0. The zero-order chi connectivity index (χ0) is 33.0.